The summed E-state index contributed by atoms with van der Waals surface area (Å²) in [6.07, 6.45) is -0.0787. The first kappa shape index (κ1) is 30.6. The second-order valence-electron chi connectivity index (χ2n) is 10.4. The first-order valence-electron chi connectivity index (χ1n) is 14.5. The average molecular weight is 599 g/mol. The van der Waals surface area contributed by atoms with Crippen LogP contribution in [0.4, 0.5) is 4.79 Å². The minimum Gasteiger partial charge on any atom is -0.496 e. The Hall–Kier alpha value is -3.82. The molecule has 1 saturated heterocycles. The van der Waals surface area contributed by atoms with Gasteiger partial charge in [0, 0.05) is 35.7 Å². The van der Waals surface area contributed by atoms with Crippen molar-refractivity contribution in [3.63, 3.8) is 0 Å². The van der Waals surface area contributed by atoms with E-state index in [-0.39, 0.29) is 24.8 Å². The summed E-state index contributed by atoms with van der Waals surface area (Å²) in [5.74, 6) is 1.59. The summed E-state index contributed by atoms with van der Waals surface area (Å²) in [6, 6.07) is 32.2. The molecule has 224 valence electrons. The van der Waals surface area contributed by atoms with E-state index in [2.05, 4.69) is 41.0 Å². The van der Waals surface area contributed by atoms with Crippen LogP contribution in [0.3, 0.4) is 0 Å². The molecule has 0 spiro atoms. The SMILES string of the molecule is CCNC(=O)NCc1cccc(-c2cccc(C3OC(CSc4ccccc4OC)CC(c4ccc(CO)cc4)O3)c2)c1. The predicted octanol–water partition coefficient (Wildman–Crippen LogP) is 7.01. The lowest BCUT2D eigenvalue weighted by Gasteiger charge is -2.36. The maximum atomic E-state index is 11.9. The van der Waals surface area contributed by atoms with Crippen LogP contribution in [0, 0.1) is 0 Å². The molecule has 0 aliphatic carbocycles. The zero-order valence-corrected chi connectivity index (χ0v) is 25.3. The van der Waals surface area contributed by atoms with Crippen molar-refractivity contribution in [2.75, 3.05) is 19.4 Å². The van der Waals surface area contributed by atoms with Gasteiger partial charge in [-0.3, -0.25) is 0 Å². The lowest BCUT2D eigenvalue weighted by molar-refractivity contribution is -0.245. The van der Waals surface area contributed by atoms with E-state index in [0.29, 0.717) is 19.5 Å². The summed E-state index contributed by atoms with van der Waals surface area (Å²) >= 11 is 1.72. The third-order valence-corrected chi connectivity index (χ3v) is 8.50. The zero-order valence-electron chi connectivity index (χ0n) is 24.5. The molecule has 0 saturated carbocycles. The number of thioether (sulfide) groups is 1. The molecule has 43 heavy (non-hydrogen) atoms. The topological polar surface area (TPSA) is 89.1 Å². The highest BCUT2D eigenvalue weighted by Crippen LogP contribution is 2.41. The van der Waals surface area contributed by atoms with Crippen LogP contribution in [0.2, 0.25) is 0 Å². The largest absolute Gasteiger partial charge is 0.496 e. The van der Waals surface area contributed by atoms with Crippen molar-refractivity contribution in [2.45, 2.75) is 49.9 Å². The van der Waals surface area contributed by atoms with E-state index >= 15 is 0 Å². The third-order valence-electron chi connectivity index (χ3n) is 7.32. The number of carbonyl (C=O) groups is 1. The van der Waals surface area contributed by atoms with Gasteiger partial charge in [0.1, 0.15) is 5.75 Å². The van der Waals surface area contributed by atoms with E-state index < -0.39 is 6.29 Å². The maximum absolute atomic E-state index is 11.9. The van der Waals surface area contributed by atoms with Crippen molar-refractivity contribution in [1.82, 2.24) is 10.6 Å². The quantitative estimate of drug-likeness (QED) is 0.161. The van der Waals surface area contributed by atoms with Gasteiger partial charge in [0.15, 0.2) is 6.29 Å². The van der Waals surface area contributed by atoms with Crippen LogP contribution in [0.5, 0.6) is 5.75 Å². The molecule has 4 aromatic carbocycles. The Morgan fingerprint density at radius 1 is 0.884 bits per heavy atom. The van der Waals surface area contributed by atoms with Crippen molar-refractivity contribution in [1.29, 1.82) is 0 Å². The summed E-state index contributed by atoms with van der Waals surface area (Å²) in [7, 11) is 1.69. The number of amides is 2. The van der Waals surface area contributed by atoms with Crippen molar-refractivity contribution < 1.29 is 24.1 Å². The van der Waals surface area contributed by atoms with Crippen molar-refractivity contribution in [3.05, 3.63) is 119 Å². The highest BCUT2D eigenvalue weighted by atomic mass is 32.2. The van der Waals surface area contributed by atoms with Crippen molar-refractivity contribution in [3.8, 4) is 16.9 Å². The molecule has 7 nitrogen and oxygen atoms in total. The number of methoxy groups -OCH3 is 1. The van der Waals surface area contributed by atoms with Crippen LogP contribution < -0.4 is 15.4 Å². The lowest BCUT2D eigenvalue weighted by atomic mass is 9.99. The van der Waals surface area contributed by atoms with Crippen LogP contribution in [0.25, 0.3) is 11.1 Å². The van der Waals surface area contributed by atoms with Gasteiger partial charge >= 0.3 is 6.03 Å². The number of benzene rings is 4. The molecule has 0 radical (unpaired) electrons. The standard InChI is InChI=1S/C35H38N2O5S/c1-3-36-35(39)37-21-25-8-6-9-27(18-25)28-10-7-11-29(19-28)34-41-30(23-43-33-13-5-4-12-31(33)40-2)20-32(42-34)26-16-14-24(22-38)15-17-26/h4-19,30,32,34,38H,3,20-23H2,1-2H3,(H2,36,37,39). The van der Waals surface area contributed by atoms with Crippen LogP contribution in [-0.2, 0) is 22.6 Å². The Kier molecular flexibility index (Phi) is 10.7. The number of nitrogens with one attached hydrogen (secondary N) is 2. The van der Waals surface area contributed by atoms with Crippen LogP contribution >= 0.6 is 11.8 Å². The number of ether oxygens (including phenoxy) is 3. The second-order valence-corrected chi connectivity index (χ2v) is 11.4. The first-order chi connectivity index (χ1) is 21.1. The van der Waals surface area contributed by atoms with Crippen LogP contribution in [-0.4, -0.2) is 36.6 Å². The Bertz CT molecular complexity index is 1500. The van der Waals surface area contributed by atoms with Crippen LogP contribution in [0.1, 0.15) is 48.0 Å². The molecular formula is C35H38N2O5S. The number of carbonyl (C=O) groups excluding carboxylic acids is 1. The van der Waals surface area contributed by atoms with Gasteiger partial charge in [0.25, 0.3) is 0 Å². The van der Waals surface area contributed by atoms with E-state index in [4.69, 9.17) is 14.2 Å². The number of aliphatic hydroxyl groups is 1. The smallest absolute Gasteiger partial charge is 0.315 e. The zero-order chi connectivity index (χ0) is 30.0. The summed E-state index contributed by atoms with van der Waals surface area (Å²) < 4.78 is 18.7. The lowest BCUT2D eigenvalue weighted by Crippen LogP contribution is -2.34. The fourth-order valence-corrected chi connectivity index (χ4v) is 6.12. The number of rotatable bonds is 11. The van der Waals surface area contributed by atoms with Gasteiger partial charge in [0.2, 0.25) is 0 Å². The molecule has 4 aromatic rings. The second kappa shape index (κ2) is 15.1. The number of hydrogen-bond donors (Lipinski definition) is 3. The Labute approximate surface area is 257 Å². The summed E-state index contributed by atoms with van der Waals surface area (Å²) in [4.78, 5) is 12.9. The molecule has 1 fully saturated rings. The molecule has 8 heteroatoms. The fourth-order valence-electron chi connectivity index (χ4n) is 5.07. The Morgan fingerprint density at radius 2 is 1.65 bits per heavy atom. The van der Waals surface area contributed by atoms with Crippen LogP contribution in [0.15, 0.2) is 102 Å². The third kappa shape index (κ3) is 8.18. The van der Waals surface area contributed by atoms with Gasteiger partial charge in [0.05, 0.1) is 25.9 Å². The van der Waals surface area contributed by atoms with E-state index in [1.807, 2.05) is 73.7 Å². The molecule has 2 amide bonds. The Balaban J connectivity index is 1.36. The molecule has 3 unspecified atom stereocenters. The number of hydrogen-bond acceptors (Lipinski definition) is 6. The predicted molar refractivity (Wildman–Crippen MR) is 170 cm³/mol. The average Bonchev–Trinajstić information content (AvgIpc) is 3.07. The van der Waals surface area contributed by atoms with Crippen molar-refractivity contribution in [2.24, 2.45) is 0 Å². The van der Waals surface area contributed by atoms with Gasteiger partial charge in [-0.05, 0) is 59.0 Å². The van der Waals surface area contributed by atoms with Gasteiger partial charge in [-0.15, -0.1) is 11.8 Å². The number of para-hydroxylation sites is 1. The van der Waals surface area contributed by atoms with Gasteiger partial charge < -0.3 is 30.0 Å². The fraction of sp³-hybridized carbons (Fsp3) is 0.286. The van der Waals surface area contributed by atoms with E-state index in [1.54, 1.807) is 18.9 Å². The van der Waals surface area contributed by atoms with E-state index in [0.717, 1.165) is 49.8 Å². The number of aliphatic hydroxyl groups excluding tert-OH is 1. The first-order valence-corrected chi connectivity index (χ1v) is 15.5. The van der Waals surface area contributed by atoms with Gasteiger partial charge in [-0.1, -0.05) is 72.8 Å². The van der Waals surface area contributed by atoms with Gasteiger partial charge in [-0.25, -0.2) is 4.79 Å². The highest BCUT2D eigenvalue weighted by molar-refractivity contribution is 7.99. The molecule has 1 heterocycles. The summed E-state index contributed by atoms with van der Waals surface area (Å²) in [5, 5.41) is 15.2. The maximum Gasteiger partial charge on any atom is 0.315 e. The van der Waals surface area contributed by atoms with E-state index in [9.17, 15) is 9.90 Å². The molecule has 3 N–H and O–H groups in total. The molecule has 1 aliphatic heterocycles. The minimum atomic E-state index is -0.554. The molecule has 5 rings (SSSR count). The Morgan fingerprint density at radius 3 is 2.42 bits per heavy atom. The molecule has 0 bridgehead atoms. The summed E-state index contributed by atoms with van der Waals surface area (Å²) in [5.41, 5.74) is 5.96. The normalized spacial score (nSPS) is 18.2. The molecular weight excluding hydrogens is 560 g/mol. The summed E-state index contributed by atoms with van der Waals surface area (Å²) in [6.45, 7) is 2.92. The van der Waals surface area contributed by atoms with Gasteiger partial charge in [-0.2, -0.15) is 0 Å². The van der Waals surface area contributed by atoms with Crippen molar-refractivity contribution >= 4 is 17.8 Å². The monoisotopic (exact) mass is 598 g/mol. The highest BCUT2D eigenvalue weighted by Gasteiger charge is 2.32. The minimum absolute atomic E-state index is 0.00566. The molecule has 1 aliphatic rings. The molecule has 0 aromatic heterocycles. The van der Waals surface area contributed by atoms with E-state index in [1.165, 1.54) is 0 Å². The molecule has 3 atom stereocenters. The number of urea groups is 1.